The summed E-state index contributed by atoms with van der Waals surface area (Å²) in [5, 5.41) is 0. The van der Waals surface area contributed by atoms with E-state index >= 15 is 0 Å². The van der Waals surface area contributed by atoms with Crippen molar-refractivity contribution in [2.45, 2.75) is 33.3 Å². The van der Waals surface area contributed by atoms with E-state index in [0.717, 1.165) is 6.42 Å². The van der Waals surface area contributed by atoms with E-state index in [1.165, 1.54) is 0 Å². The van der Waals surface area contributed by atoms with E-state index in [4.69, 9.17) is 9.47 Å². The van der Waals surface area contributed by atoms with Gasteiger partial charge in [-0.3, -0.25) is 4.79 Å². The van der Waals surface area contributed by atoms with Crippen molar-refractivity contribution < 1.29 is 14.3 Å². The lowest BCUT2D eigenvalue weighted by atomic mass is 9.84. The standard InChI is InChI=1S/C13H20O3/c1-9-4-5-11-10(6-9)12(14)16-8-13(2,3)7-15-11/h4-5,9-11H,6-8H2,1-3H3/t9-,10-,11-/m1/s1. The number of esters is 1. The molecule has 0 amide bonds. The molecule has 0 bridgehead atoms. The largest absolute Gasteiger partial charge is 0.465 e. The van der Waals surface area contributed by atoms with E-state index in [9.17, 15) is 4.79 Å². The first-order valence-corrected chi connectivity index (χ1v) is 5.94. The molecule has 0 radical (unpaired) electrons. The maximum Gasteiger partial charge on any atom is 0.311 e. The lowest BCUT2D eigenvalue weighted by Gasteiger charge is -2.35. The summed E-state index contributed by atoms with van der Waals surface area (Å²) in [6.45, 7) is 7.31. The third-order valence-electron chi connectivity index (χ3n) is 3.23. The van der Waals surface area contributed by atoms with Crippen molar-refractivity contribution >= 4 is 5.97 Å². The highest BCUT2D eigenvalue weighted by atomic mass is 16.5. The smallest absolute Gasteiger partial charge is 0.311 e. The van der Waals surface area contributed by atoms with Gasteiger partial charge in [-0.1, -0.05) is 32.9 Å². The Bertz CT molecular complexity index is 306. The molecule has 1 saturated heterocycles. The highest BCUT2D eigenvalue weighted by Crippen LogP contribution is 2.31. The minimum absolute atomic E-state index is 0.0858. The Morgan fingerprint density at radius 2 is 2.06 bits per heavy atom. The zero-order valence-corrected chi connectivity index (χ0v) is 10.2. The number of carbonyl (C=O) groups is 1. The van der Waals surface area contributed by atoms with Crippen molar-refractivity contribution in [1.29, 1.82) is 0 Å². The number of ether oxygens (including phenoxy) is 2. The van der Waals surface area contributed by atoms with Gasteiger partial charge in [-0.15, -0.1) is 0 Å². The summed E-state index contributed by atoms with van der Waals surface area (Å²) in [5.41, 5.74) is -0.0858. The Kier molecular flexibility index (Phi) is 3.06. The van der Waals surface area contributed by atoms with Gasteiger partial charge in [0.2, 0.25) is 0 Å². The zero-order chi connectivity index (χ0) is 11.8. The van der Waals surface area contributed by atoms with Gasteiger partial charge in [-0.2, -0.15) is 0 Å². The van der Waals surface area contributed by atoms with Crippen LogP contribution in [0.5, 0.6) is 0 Å². The van der Waals surface area contributed by atoms with Gasteiger partial charge in [-0.05, 0) is 12.3 Å². The number of hydrogen-bond acceptors (Lipinski definition) is 3. The van der Waals surface area contributed by atoms with E-state index < -0.39 is 0 Å². The second kappa shape index (κ2) is 4.21. The van der Waals surface area contributed by atoms with Crippen LogP contribution in [0.15, 0.2) is 12.2 Å². The van der Waals surface area contributed by atoms with Crippen molar-refractivity contribution in [3.63, 3.8) is 0 Å². The predicted molar refractivity (Wildman–Crippen MR) is 60.9 cm³/mol. The lowest BCUT2D eigenvalue weighted by molar-refractivity contribution is -0.166. The third kappa shape index (κ3) is 2.46. The van der Waals surface area contributed by atoms with Crippen LogP contribution < -0.4 is 0 Å². The van der Waals surface area contributed by atoms with Crippen molar-refractivity contribution in [3.8, 4) is 0 Å². The molecule has 3 atom stereocenters. The fourth-order valence-corrected chi connectivity index (χ4v) is 2.19. The highest BCUT2D eigenvalue weighted by Gasteiger charge is 2.37. The van der Waals surface area contributed by atoms with E-state index in [1.54, 1.807) is 0 Å². The molecule has 1 fully saturated rings. The SMILES string of the molecule is C[C@@H]1C=C[C@H]2OCC(C)(C)COC(=O)[C@@H]2C1. The molecule has 0 N–H and O–H groups in total. The predicted octanol–water partition coefficient (Wildman–Crippen LogP) is 2.17. The van der Waals surface area contributed by atoms with Gasteiger partial charge in [-0.25, -0.2) is 0 Å². The van der Waals surface area contributed by atoms with Gasteiger partial charge >= 0.3 is 5.97 Å². The molecular formula is C13H20O3. The monoisotopic (exact) mass is 224 g/mol. The molecule has 0 unspecified atom stereocenters. The van der Waals surface area contributed by atoms with Crippen LogP contribution in [0.2, 0.25) is 0 Å². The molecular weight excluding hydrogens is 204 g/mol. The average molecular weight is 224 g/mol. The number of cyclic esters (lactones) is 1. The number of fused-ring (bicyclic) bond motifs is 1. The second-order valence-corrected chi connectivity index (χ2v) is 5.75. The summed E-state index contributed by atoms with van der Waals surface area (Å²) < 4.78 is 11.2. The Balaban J connectivity index is 2.14. The van der Waals surface area contributed by atoms with Crippen LogP contribution in [0.4, 0.5) is 0 Å². The number of carbonyl (C=O) groups excluding carboxylic acids is 1. The summed E-state index contributed by atoms with van der Waals surface area (Å²) in [4.78, 5) is 11.9. The molecule has 1 aliphatic carbocycles. The number of rotatable bonds is 0. The van der Waals surface area contributed by atoms with Crippen LogP contribution in [-0.2, 0) is 14.3 Å². The molecule has 2 rings (SSSR count). The average Bonchev–Trinajstić information content (AvgIpc) is 2.23. The molecule has 1 aliphatic heterocycles. The van der Waals surface area contributed by atoms with Crippen LogP contribution >= 0.6 is 0 Å². The number of allylic oxidation sites excluding steroid dienone is 1. The molecule has 0 aromatic carbocycles. The minimum atomic E-state index is -0.115. The quantitative estimate of drug-likeness (QED) is 0.467. The number of hydrogen-bond donors (Lipinski definition) is 0. The summed E-state index contributed by atoms with van der Waals surface area (Å²) in [6, 6.07) is 0. The maximum absolute atomic E-state index is 11.9. The van der Waals surface area contributed by atoms with Gasteiger partial charge in [0.1, 0.15) is 0 Å². The van der Waals surface area contributed by atoms with E-state index in [2.05, 4.69) is 26.8 Å². The summed E-state index contributed by atoms with van der Waals surface area (Å²) in [7, 11) is 0. The molecule has 0 aromatic heterocycles. The highest BCUT2D eigenvalue weighted by molar-refractivity contribution is 5.74. The first-order valence-electron chi connectivity index (χ1n) is 5.94. The maximum atomic E-state index is 11.9. The molecule has 1 heterocycles. The first-order chi connectivity index (χ1) is 7.48. The van der Waals surface area contributed by atoms with Crippen LogP contribution in [0.1, 0.15) is 27.2 Å². The minimum Gasteiger partial charge on any atom is -0.465 e. The van der Waals surface area contributed by atoms with E-state index in [-0.39, 0.29) is 23.4 Å². The van der Waals surface area contributed by atoms with Crippen molar-refractivity contribution in [2.24, 2.45) is 17.3 Å². The van der Waals surface area contributed by atoms with E-state index in [0.29, 0.717) is 19.1 Å². The third-order valence-corrected chi connectivity index (χ3v) is 3.23. The Hall–Kier alpha value is -0.830. The van der Waals surface area contributed by atoms with Crippen LogP contribution in [0.25, 0.3) is 0 Å². The molecule has 3 heteroatoms. The van der Waals surface area contributed by atoms with Crippen molar-refractivity contribution in [1.82, 2.24) is 0 Å². The zero-order valence-electron chi connectivity index (χ0n) is 10.2. The molecule has 0 aromatic rings. The molecule has 0 saturated carbocycles. The second-order valence-electron chi connectivity index (χ2n) is 5.75. The molecule has 3 nitrogen and oxygen atoms in total. The van der Waals surface area contributed by atoms with Crippen LogP contribution in [0.3, 0.4) is 0 Å². The fourth-order valence-electron chi connectivity index (χ4n) is 2.19. The lowest BCUT2D eigenvalue weighted by Crippen LogP contribution is -2.41. The summed E-state index contributed by atoms with van der Waals surface area (Å²) in [5.74, 6) is 0.218. The van der Waals surface area contributed by atoms with Crippen LogP contribution in [-0.4, -0.2) is 25.3 Å². The van der Waals surface area contributed by atoms with Gasteiger partial charge in [0.15, 0.2) is 0 Å². The van der Waals surface area contributed by atoms with Gasteiger partial charge in [0, 0.05) is 5.41 Å². The Labute approximate surface area is 96.8 Å². The van der Waals surface area contributed by atoms with Gasteiger partial charge in [0.25, 0.3) is 0 Å². The topological polar surface area (TPSA) is 35.5 Å². The van der Waals surface area contributed by atoms with Crippen molar-refractivity contribution in [2.75, 3.05) is 13.2 Å². The van der Waals surface area contributed by atoms with Crippen molar-refractivity contribution in [3.05, 3.63) is 12.2 Å². The molecule has 16 heavy (non-hydrogen) atoms. The van der Waals surface area contributed by atoms with Crippen LogP contribution in [0, 0.1) is 17.3 Å². The van der Waals surface area contributed by atoms with Gasteiger partial charge in [0.05, 0.1) is 25.2 Å². The normalized spacial score (nSPS) is 38.2. The Morgan fingerprint density at radius 3 is 2.81 bits per heavy atom. The molecule has 0 spiro atoms. The molecule has 2 aliphatic rings. The first kappa shape index (κ1) is 11.6. The molecule has 90 valence electrons. The Morgan fingerprint density at radius 1 is 1.31 bits per heavy atom. The summed E-state index contributed by atoms with van der Waals surface area (Å²) >= 11 is 0. The van der Waals surface area contributed by atoms with Gasteiger partial charge < -0.3 is 9.47 Å². The van der Waals surface area contributed by atoms with E-state index in [1.807, 2.05) is 6.08 Å². The summed E-state index contributed by atoms with van der Waals surface area (Å²) in [6.07, 6.45) is 4.88. The fraction of sp³-hybridized carbons (Fsp3) is 0.769.